The van der Waals surface area contributed by atoms with E-state index >= 15 is 0 Å². The molecular weight excluding hydrogens is 356 g/mol. The average Bonchev–Trinajstić information content (AvgIpc) is 3.19. The van der Waals surface area contributed by atoms with Gasteiger partial charge in [-0.2, -0.15) is 5.10 Å². The zero-order valence-corrected chi connectivity index (χ0v) is 15.1. The summed E-state index contributed by atoms with van der Waals surface area (Å²) >= 11 is 0. The number of H-pyrrole nitrogens is 1. The lowest BCUT2D eigenvalue weighted by Crippen LogP contribution is -2.34. The van der Waals surface area contributed by atoms with E-state index in [2.05, 4.69) is 15.5 Å². The van der Waals surface area contributed by atoms with Gasteiger partial charge in [-0.15, -0.1) is 0 Å². The van der Waals surface area contributed by atoms with E-state index in [0.717, 1.165) is 11.1 Å². The maximum Gasteiger partial charge on any atom is 0.331 e. The van der Waals surface area contributed by atoms with Gasteiger partial charge in [-0.1, -0.05) is 60.7 Å². The number of hydrogen-bond acceptors (Lipinski definition) is 5. The zero-order valence-electron chi connectivity index (χ0n) is 15.1. The van der Waals surface area contributed by atoms with Crippen molar-refractivity contribution in [3.8, 4) is 5.88 Å². The molecule has 1 aromatic heterocycles. The first-order valence-corrected chi connectivity index (χ1v) is 9.11. The minimum atomic E-state index is -0.632. The van der Waals surface area contributed by atoms with Crippen LogP contribution in [0.3, 0.4) is 0 Å². The number of aromatic amines is 1. The summed E-state index contributed by atoms with van der Waals surface area (Å²) in [6.07, 6.45) is 0.995. The van der Waals surface area contributed by atoms with Crippen molar-refractivity contribution in [2.75, 3.05) is 0 Å². The summed E-state index contributed by atoms with van der Waals surface area (Å²) in [6, 6.07) is 19.3. The third kappa shape index (κ3) is 3.46. The number of nitrogens with one attached hydrogen (secondary N) is 2. The topological polar surface area (TPSA) is 99.5 Å². The molecule has 2 aromatic carbocycles. The molecule has 0 radical (unpaired) electrons. The van der Waals surface area contributed by atoms with Gasteiger partial charge in [0.05, 0.1) is 11.8 Å². The number of aryl methyl sites for hydroxylation is 1. The number of aromatic hydroxyl groups is 1. The van der Waals surface area contributed by atoms with E-state index in [9.17, 15) is 14.7 Å². The highest BCUT2D eigenvalue weighted by Gasteiger charge is 2.27. The highest BCUT2D eigenvalue weighted by atomic mass is 16.3. The molecule has 3 aromatic rings. The summed E-state index contributed by atoms with van der Waals surface area (Å²) < 4.78 is 1.18. The maximum atomic E-state index is 12.4. The van der Waals surface area contributed by atoms with Crippen LogP contribution in [-0.2, 0) is 13.0 Å². The Morgan fingerprint density at radius 1 is 1.04 bits per heavy atom. The van der Waals surface area contributed by atoms with E-state index in [1.807, 2.05) is 60.7 Å². The van der Waals surface area contributed by atoms with E-state index in [1.165, 1.54) is 4.57 Å². The van der Waals surface area contributed by atoms with Gasteiger partial charge in [0, 0.05) is 13.0 Å². The standard InChI is InChI=1S/C21H20N4O3/c26-19-18(17-13-16(23-24-17)15-9-5-2-6-10-15)20(27)25(21(28)22-19)12-11-14-7-3-1-4-8-14/h1-10,16,23,27H,11-13H2,(H,22,26,28). The zero-order chi connectivity index (χ0) is 19.5. The third-order valence-electron chi connectivity index (χ3n) is 4.88. The molecule has 3 N–H and O–H groups in total. The second kappa shape index (κ2) is 7.56. The molecular formula is C21H20N4O3. The Balaban J connectivity index is 1.61. The molecule has 0 saturated heterocycles. The molecule has 142 valence electrons. The van der Waals surface area contributed by atoms with E-state index in [0.29, 0.717) is 18.6 Å². The van der Waals surface area contributed by atoms with Gasteiger partial charge in [-0.3, -0.25) is 14.3 Å². The van der Waals surface area contributed by atoms with Gasteiger partial charge in [0.2, 0.25) is 5.88 Å². The number of benzene rings is 2. The van der Waals surface area contributed by atoms with E-state index < -0.39 is 11.2 Å². The van der Waals surface area contributed by atoms with Gasteiger partial charge < -0.3 is 10.5 Å². The number of rotatable bonds is 5. The predicted molar refractivity (Wildman–Crippen MR) is 107 cm³/mol. The van der Waals surface area contributed by atoms with Crippen LogP contribution < -0.4 is 16.7 Å². The van der Waals surface area contributed by atoms with Crippen molar-refractivity contribution in [3.05, 3.63) is 98.2 Å². The summed E-state index contributed by atoms with van der Waals surface area (Å²) in [4.78, 5) is 26.9. The number of aromatic nitrogens is 2. The van der Waals surface area contributed by atoms with Crippen LogP contribution in [0.5, 0.6) is 5.88 Å². The molecule has 0 bridgehead atoms. The van der Waals surface area contributed by atoms with Crippen molar-refractivity contribution < 1.29 is 5.11 Å². The third-order valence-corrected chi connectivity index (χ3v) is 4.88. The number of hydrazone groups is 1. The Kier molecular flexibility index (Phi) is 4.80. The lowest BCUT2D eigenvalue weighted by molar-refractivity contribution is 0.399. The van der Waals surface area contributed by atoms with Crippen LogP contribution >= 0.6 is 0 Å². The van der Waals surface area contributed by atoms with Gasteiger partial charge in [0.15, 0.2) is 0 Å². The molecule has 0 saturated carbocycles. The molecule has 7 heteroatoms. The first-order chi connectivity index (χ1) is 13.6. The number of nitrogens with zero attached hydrogens (tertiary/aromatic N) is 2. The van der Waals surface area contributed by atoms with Gasteiger partial charge in [0.25, 0.3) is 5.56 Å². The molecule has 7 nitrogen and oxygen atoms in total. The summed E-state index contributed by atoms with van der Waals surface area (Å²) in [6.45, 7) is 0.251. The van der Waals surface area contributed by atoms with Crippen LogP contribution in [0.2, 0.25) is 0 Å². The van der Waals surface area contributed by atoms with Crippen molar-refractivity contribution >= 4 is 5.71 Å². The lowest BCUT2D eigenvalue weighted by Gasteiger charge is -2.12. The van der Waals surface area contributed by atoms with Crippen LogP contribution in [0.1, 0.15) is 29.2 Å². The Bertz CT molecular complexity index is 1120. The van der Waals surface area contributed by atoms with Crippen molar-refractivity contribution in [3.63, 3.8) is 0 Å². The molecule has 4 rings (SSSR count). The first-order valence-electron chi connectivity index (χ1n) is 9.11. The van der Waals surface area contributed by atoms with Crippen molar-refractivity contribution in [1.82, 2.24) is 15.0 Å². The Hall–Kier alpha value is -3.61. The highest BCUT2D eigenvalue weighted by Crippen LogP contribution is 2.25. The molecule has 1 aliphatic heterocycles. The molecule has 28 heavy (non-hydrogen) atoms. The molecule has 2 heterocycles. The summed E-state index contributed by atoms with van der Waals surface area (Å²) in [5.74, 6) is -0.348. The van der Waals surface area contributed by atoms with E-state index in [-0.39, 0.29) is 24.0 Å². The summed E-state index contributed by atoms with van der Waals surface area (Å²) in [7, 11) is 0. The maximum absolute atomic E-state index is 12.4. The summed E-state index contributed by atoms with van der Waals surface area (Å²) in [5.41, 5.74) is 4.28. The fourth-order valence-corrected chi connectivity index (χ4v) is 3.39. The Morgan fingerprint density at radius 2 is 1.71 bits per heavy atom. The van der Waals surface area contributed by atoms with Crippen LogP contribution in [-0.4, -0.2) is 20.4 Å². The molecule has 0 aliphatic carbocycles. The molecule has 0 spiro atoms. The second-order valence-corrected chi connectivity index (χ2v) is 6.70. The predicted octanol–water partition coefficient (Wildman–Crippen LogP) is 1.92. The van der Waals surface area contributed by atoms with E-state index in [1.54, 1.807) is 0 Å². The summed E-state index contributed by atoms with van der Waals surface area (Å²) in [5, 5.41) is 14.9. The fourth-order valence-electron chi connectivity index (χ4n) is 3.39. The Labute approximate surface area is 161 Å². The molecule has 0 fully saturated rings. The van der Waals surface area contributed by atoms with Gasteiger partial charge in [0.1, 0.15) is 5.56 Å². The van der Waals surface area contributed by atoms with Gasteiger partial charge in [-0.25, -0.2) is 4.79 Å². The first kappa shape index (κ1) is 17.8. The largest absolute Gasteiger partial charge is 0.494 e. The minimum Gasteiger partial charge on any atom is -0.494 e. The second-order valence-electron chi connectivity index (χ2n) is 6.70. The monoisotopic (exact) mass is 376 g/mol. The van der Waals surface area contributed by atoms with Crippen LogP contribution in [0.4, 0.5) is 0 Å². The van der Waals surface area contributed by atoms with Crippen molar-refractivity contribution in [2.24, 2.45) is 5.10 Å². The minimum absolute atomic E-state index is 0.0404. The van der Waals surface area contributed by atoms with Crippen LogP contribution in [0.15, 0.2) is 75.4 Å². The van der Waals surface area contributed by atoms with E-state index in [4.69, 9.17) is 0 Å². The highest BCUT2D eigenvalue weighted by molar-refractivity contribution is 6.03. The quantitative estimate of drug-likeness (QED) is 0.633. The number of hydrogen-bond donors (Lipinski definition) is 3. The van der Waals surface area contributed by atoms with Crippen LogP contribution in [0, 0.1) is 0 Å². The molecule has 1 aliphatic rings. The molecule has 0 amide bonds. The average molecular weight is 376 g/mol. The SMILES string of the molecule is O=c1[nH]c(=O)n(CCc2ccccc2)c(O)c1C1=NNC(c2ccccc2)C1. The van der Waals surface area contributed by atoms with Gasteiger partial charge >= 0.3 is 5.69 Å². The molecule has 1 atom stereocenters. The van der Waals surface area contributed by atoms with Crippen molar-refractivity contribution in [1.29, 1.82) is 0 Å². The van der Waals surface area contributed by atoms with Gasteiger partial charge in [-0.05, 0) is 17.5 Å². The smallest absolute Gasteiger partial charge is 0.331 e. The lowest BCUT2D eigenvalue weighted by atomic mass is 10.00. The molecule has 1 unspecified atom stereocenters. The fraction of sp³-hybridized carbons (Fsp3) is 0.190. The normalized spacial score (nSPS) is 15.9. The van der Waals surface area contributed by atoms with Crippen LogP contribution in [0.25, 0.3) is 0 Å². The Morgan fingerprint density at radius 3 is 2.43 bits per heavy atom. The van der Waals surface area contributed by atoms with Crippen molar-refractivity contribution in [2.45, 2.75) is 25.4 Å².